The molecule has 0 aliphatic heterocycles. The highest BCUT2D eigenvalue weighted by Crippen LogP contribution is 1.92. The fourth-order valence-electron chi connectivity index (χ4n) is 0.418. The minimum absolute atomic E-state index is 0.641. The van der Waals surface area contributed by atoms with Crippen molar-refractivity contribution in [2.45, 2.75) is 0 Å². The molecule has 0 fully saturated rings. The van der Waals surface area contributed by atoms with Gasteiger partial charge >= 0.3 is 0 Å². The zero-order valence-electron chi connectivity index (χ0n) is 6.76. The number of likely N-dealkylation sites (N-methyl/N-ethyl adjacent to an activating group) is 1. The van der Waals surface area contributed by atoms with E-state index in [1.807, 2.05) is 14.1 Å². The maximum atomic E-state index is 5.15. The first kappa shape index (κ1) is 9.24. The van der Waals surface area contributed by atoms with Crippen LogP contribution in [0.1, 0.15) is 0 Å². The van der Waals surface area contributed by atoms with Gasteiger partial charge in [0.1, 0.15) is 12.4 Å². The minimum Gasteiger partial charge on any atom is -0.493 e. The zero-order valence-corrected chi connectivity index (χ0v) is 6.76. The number of allylic oxidation sites excluding steroid dienone is 1. The van der Waals surface area contributed by atoms with E-state index in [0.717, 1.165) is 6.54 Å². The Labute approximate surface area is 62.8 Å². The van der Waals surface area contributed by atoms with Crippen molar-refractivity contribution in [3.8, 4) is 0 Å². The van der Waals surface area contributed by atoms with Crippen LogP contribution in [0.2, 0.25) is 0 Å². The quantitative estimate of drug-likeness (QED) is 0.422. The second kappa shape index (κ2) is 5.06. The fourth-order valence-corrected chi connectivity index (χ4v) is 0.418. The van der Waals surface area contributed by atoms with E-state index < -0.39 is 0 Å². The molecular weight excluding hydrogens is 126 g/mol. The first-order chi connectivity index (χ1) is 4.66. The van der Waals surface area contributed by atoms with E-state index in [4.69, 9.17) is 4.74 Å². The molecule has 2 nitrogen and oxygen atoms in total. The molecule has 0 spiro atoms. The molecule has 0 aliphatic carbocycles. The molecule has 0 aliphatic rings. The molecule has 2 heteroatoms. The van der Waals surface area contributed by atoms with Crippen LogP contribution in [0, 0.1) is 0 Å². The van der Waals surface area contributed by atoms with E-state index >= 15 is 0 Å². The smallest absolute Gasteiger partial charge is 0.111 e. The van der Waals surface area contributed by atoms with E-state index in [2.05, 4.69) is 18.1 Å². The normalized spacial score (nSPS) is 9.50. The van der Waals surface area contributed by atoms with E-state index in [1.54, 1.807) is 6.08 Å². The third-order valence-electron chi connectivity index (χ3n) is 1.05. The van der Waals surface area contributed by atoms with E-state index in [9.17, 15) is 0 Å². The van der Waals surface area contributed by atoms with Gasteiger partial charge in [0.15, 0.2) is 0 Å². The van der Waals surface area contributed by atoms with Crippen LogP contribution in [0.15, 0.2) is 25.0 Å². The topological polar surface area (TPSA) is 12.5 Å². The van der Waals surface area contributed by atoms with Crippen molar-refractivity contribution in [2.24, 2.45) is 0 Å². The Morgan fingerprint density at radius 2 is 2.20 bits per heavy atom. The van der Waals surface area contributed by atoms with Crippen LogP contribution in [0.3, 0.4) is 0 Å². The van der Waals surface area contributed by atoms with Crippen LogP contribution in [0.5, 0.6) is 0 Å². The van der Waals surface area contributed by atoms with Gasteiger partial charge in [-0.15, -0.1) is 0 Å². The van der Waals surface area contributed by atoms with Crippen molar-refractivity contribution < 1.29 is 4.74 Å². The predicted molar refractivity (Wildman–Crippen MR) is 43.8 cm³/mol. The lowest BCUT2D eigenvalue weighted by atomic mass is 10.5. The first-order valence-electron chi connectivity index (χ1n) is 3.25. The van der Waals surface area contributed by atoms with Crippen LogP contribution in [0.4, 0.5) is 0 Å². The second-order valence-corrected chi connectivity index (χ2v) is 2.32. The van der Waals surface area contributed by atoms with Crippen molar-refractivity contribution in [3.63, 3.8) is 0 Å². The van der Waals surface area contributed by atoms with Crippen LogP contribution in [0.25, 0.3) is 0 Å². The molecule has 0 N–H and O–H groups in total. The molecule has 0 aromatic carbocycles. The Hall–Kier alpha value is -0.760. The summed E-state index contributed by atoms with van der Waals surface area (Å²) in [5.41, 5.74) is 0. The Balaban J connectivity index is 3.19. The van der Waals surface area contributed by atoms with Crippen molar-refractivity contribution in [2.75, 3.05) is 27.2 Å². The Kier molecular flexibility index (Phi) is 4.67. The van der Waals surface area contributed by atoms with Crippen LogP contribution < -0.4 is 0 Å². The van der Waals surface area contributed by atoms with E-state index in [1.165, 1.54) is 0 Å². The van der Waals surface area contributed by atoms with Crippen LogP contribution in [-0.2, 0) is 4.74 Å². The summed E-state index contributed by atoms with van der Waals surface area (Å²) in [7, 11) is 4.00. The van der Waals surface area contributed by atoms with Gasteiger partial charge in [-0.1, -0.05) is 13.2 Å². The summed E-state index contributed by atoms with van der Waals surface area (Å²) in [5.74, 6) is 0.641. The SMILES string of the molecule is C=CC(=C)OCCN(C)C. The molecule has 0 saturated heterocycles. The van der Waals surface area contributed by atoms with Crippen molar-refractivity contribution >= 4 is 0 Å². The lowest BCUT2D eigenvalue weighted by Gasteiger charge is -2.10. The number of ether oxygens (including phenoxy) is 1. The number of nitrogens with zero attached hydrogens (tertiary/aromatic N) is 1. The van der Waals surface area contributed by atoms with Gasteiger partial charge in [0.25, 0.3) is 0 Å². The fraction of sp³-hybridized carbons (Fsp3) is 0.500. The average molecular weight is 141 g/mol. The summed E-state index contributed by atoms with van der Waals surface area (Å²) in [4.78, 5) is 2.05. The maximum Gasteiger partial charge on any atom is 0.111 e. The predicted octanol–water partition coefficient (Wildman–Crippen LogP) is 1.26. The lowest BCUT2D eigenvalue weighted by molar-refractivity contribution is 0.194. The van der Waals surface area contributed by atoms with Gasteiger partial charge in [0, 0.05) is 6.54 Å². The van der Waals surface area contributed by atoms with Gasteiger partial charge in [0.2, 0.25) is 0 Å². The van der Waals surface area contributed by atoms with Gasteiger partial charge in [-0.05, 0) is 20.2 Å². The molecule has 0 atom stereocenters. The third kappa shape index (κ3) is 5.38. The molecule has 0 bridgehead atoms. The highest BCUT2D eigenvalue weighted by atomic mass is 16.5. The number of hydrogen-bond acceptors (Lipinski definition) is 2. The monoisotopic (exact) mass is 141 g/mol. The second-order valence-electron chi connectivity index (χ2n) is 2.32. The van der Waals surface area contributed by atoms with E-state index in [0.29, 0.717) is 12.4 Å². The maximum absolute atomic E-state index is 5.15. The summed E-state index contributed by atoms with van der Waals surface area (Å²) in [5, 5.41) is 0. The lowest BCUT2D eigenvalue weighted by Crippen LogP contribution is -2.17. The molecule has 0 saturated carbocycles. The van der Waals surface area contributed by atoms with Crippen molar-refractivity contribution in [3.05, 3.63) is 25.0 Å². The molecule has 0 aromatic heterocycles. The summed E-state index contributed by atoms with van der Waals surface area (Å²) in [6.45, 7) is 8.72. The van der Waals surface area contributed by atoms with Gasteiger partial charge in [-0.2, -0.15) is 0 Å². The highest BCUT2D eigenvalue weighted by Gasteiger charge is 1.89. The Morgan fingerprint density at radius 3 is 2.60 bits per heavy atom. The summed E-state index contributed by atoms with van der Waals surface area (Å²) >= 11 is 0. The Morgan fingerprint density at radius 1 is 1.60 bits per heavy atom. The molecule has 0 aromatic rings. The summed E-state index contributed by atoms with van der Waals surface area (Å²) in [6.07, 6.45) is 1.61. The molecule has 0 radical (unpaired) electrons. The molecule has 58 valence electrons. The largest absolute Gasteiger partial charge is 0.493 e. The highest BCUT2D eigenvalue weighted by molar-refractivity contribution is 5.01. The minimum atomic E-state index is 0.641. The average Bonchev–Trinajstić information content (AvgIpc) is 1.87. The molecule has 0 unspecified atom stereocenters. The molecular formula is C8H15NO. The van der Waals surface area contributed by atoms with Gasteiger partial charge < -0.3 is 9.64 Å². The van der Waals surface area contributed by atoms with E-state index in [-0.39, 0.29) is 0 Å². The Bertz CT molecular complexity index is 118. The van der Waals surface area contributed by atoms with Gasteiger partial charge in [-0.25, -0.2) is 0 Å². The standard InChI is InChI=1S/C8H15NO/c1-5-8(2)10-7-6-9(3)4/h5H,1-2,6-7H2,3-4H3. The summed E-state index contributed by atoms with van der Waals surface area (Å²) < 4.78 is 5.15. The van der Waals surface area contributed by atoms with Crippen molar-refractivity contribution in [1.29, 1.82) is 0 Å². The van der Waals surface area contributed by atoms with Gasteiger partial charge in [-0.3, -0.25) is 0 Å². The molecule has 10 heavy (non-hydrogen) atoms. The first-order valence-corrected chi connectivity index (χ1v) is 3.25. The van der Waals surface area contributed by atoms with Crippen LogP contribution >= 0.6 is 0 Å². The summed E-state index contributed by atoms with van der Waals surface area (Å²) in [6, 6.07) is 0. The molecule has 0 amide bonds. The number of rotatable bonds is 5. The van der Waals surface area contributed by atoms with Crippen LogP contribution in [-0.4, -0.2) is 32.1 Å². The van der Waals surface area contributed by atoms with Gasteiger partial charge in [0.05, 0.1) is 0 Å². The third-order valence-corrected chi connectivity index (χ3v) is 1.05. The number of hydrogen-bond donors (Lipinski definition) is 0. The van der Waals surface area contributed by atoms with Crippen molar-refractivity contribution in [1.82, 2.24) is 4.90 Å². The zero-order chi connectivity index (χ0) is 7.98. The molecule has 0 rings (SSSR count). The molecule has 0 heterocycles.